The lowest BCUT2D eigenvalue weighted by atomic mass is 10.1. The summed E-state index contributed by atoms with van der Waals surface area (Å²) in [5.41, 5.74) is 3.69. The Balaban J connectivity index is 1.25. The van der Waals surface area contributed by atoms with Gasteiger partial charge in [-0.25, -0.2) is 9.97 Å². The molecule has 0 atom stereocenters. The van der Waals surface area contributed by atoms with E-state index in [-0.39, 0.29) is 0 Å². The molecular weight excluding hydrogens is 400 g/mol. The zero-order valence-corrected chi connectivity index (χ0v) is 19.4. The van der Waals surface area contributed by atoms with Gasteiger partial charge in [0.2, 0.25) is 0 Å². The number of benzene rings is 1. The minimum absolute atomic E-state index is 0.841. The summed E-state index contributed by atoms with van der Waals surface area (Å²) in [5.74, 6) is 1.99. The normalized spacial score (nSPS) is 20.4. The summed E-state index contributed by atoms with van der Waals surface area (Å²) in [5, 5.41) is 0. The van der Waals surface area contributed by atoms with Gasteiger partial charge in [-0.15, -0.1) is 0 Å². The smallest absolute Gasteiger partial charge is 0.161 e. The van der Waals surface area contributed by atoms with E-state index in [2.05, 4.69) is 57.1 Å². The molecule has 7 heteroatoms. The van der Waals surface area contributed by atoms with Crippen molar-refractivity contribution in [3.05, 3.63) is 36.0 Å². The summed E-state index contributed by atoms with van der Waals surface area (Å²) < 4.78 is 5.47. The highest BCUT2D eigenvalue weighted by atomic mass is 16.5. The molecule has 7 nitrogen and oxygen atoms in total. The average molecular weight is 437 g/mol. The van der Waals surface area contributed by atoms with Gasteiger partial charge in [0.05, 0.1) is 13.2 Å². The Labute approximate surface area is 192 Å². The lowest BCUT2D eigenvalue weighted by Crippen LogP contribution is -2.44. The number of aromatic nitrogens is 2. The molecule has 1 aromatic heterocycles. The zero-order valence-electron chi connectivity index (χ0n) is 19.4. The monoisotopic (exact) mass is 436 g/mol. The van der Waals surface area contributed by atoms with Gasteiger partial charge in [-0.3, -0.25) is 4.90 Å². The molecule has 3 aliphatic rings. The van der Waals surface area contributed by atoms with Crippen molar-refractivity contribution in [3.63, 3.8) is 0 Å². The molecule has 2 fully saturated rings. The number of nitrogens with zero attached hydrogens (tertiary/aromatic N) is 6. The number of morpholine rings is 1. The molecule has 0 radical (unpaired) electrons. The molecule has 2 saturated heterocycles. The van der Waals surface area contributed by atoms with Crippen LogP contribution in [0, 0.1) is 0 Å². The first-order chi connectivity index (χ1) is 15.8. The summed E-state index contributed by atoms with van der Waals surface area (Å²) in [6, 6.07) is 8.81. The van der Waals surface area contributed by atoms with Gasteiger partial charge in [0.25, 0.3) is 0 Å². The summed E-state index contributed by atoms with van der Waals surface area (Å²) in [6.07, 6.45) is 5.49. The van der Waals surface area contributed by atoms with Crippen LogP contribution >= 0.6 is 0 Å². The number of fused-ring (bicyclic) bond motifs is 1. The van der Waals surface area contributed by atoms with Crippen LogP contribution in [0.25, 0.3) is 11.4 Å². The van der Waals surface area contributed by atoms with Crippen LogP contribution in [0.1, 0.15) is 18.4 Å². The largest absolute Gasteiger partial charge is 0.379 e. The Morgan fingerprint density at radius 1 is 0.906 bits per heavy atom. The van der Waals surface area contributed by atoms with Crippen LogP contribution in [-0.4, -0.2) is 98.9 Å². The van der Waals surface area contributed by atoms with Gasteiger partial charge in [-0.1, -0.05) is 0 Å². The van der Waals surface area contributed by atoms with Gasteiger partial charge in [0.1, 0.15) is 5.82 Å². The van der Waals surface area contributed by atoms with E-state index < -0.39 is 0 Å². The Morgan fingerprint density at radius 3 is 2.47 bits per heavy atom. The van der Waals surface area contributed by atoms with Crippen LogP contribution in [-0.2, 0) is 11.2 Å². The predicted molar refractivity (Wildman–Crippen MR) is 130 cm³/mol. The first-order valence-corrected chi connectivity index (χ1v) is 12.2. The number of piperazine rings is 1. The quantitative estimate of drug-likeness (QED) is 0.689. The summed E-state index contributed by atoms with van der Waals surface area (Å²) >= 11 is 0. The van der Waals surface area contributed by atoms with Gasteiger partial charge in [-0.2, -0.15) is 0 Å². The number of hydrogen-bond acceptors (Lipinski definition) is 7. The van der Waals surface area contributed by atoms with E-state index >= 15 is 0 Å². The molecule has 0 spiro atoms. The van der Waals surface area contributed by atoms with Crippen LogP contribution in [0.15, 0.2) is 30.5 Å². The van der Waals surface area contributed by atoms with Crippen LogP contribution in [0.2, 0.25) is 0 Å². The van der Waals surface area contributed by atoms with Crippen molar-refractivity contribution in [2.75, 3.05) is 89.0 Å². The summed E-state index contributed by atoms with van der Waals surface area (Å²) in [6.45, 7) is 11.6. The molecule has 32 heavy (non-hydrogen) atoms. The first-order valence-electron chi connectivity index (χ1n) is 12.2. The molecule has 0 amide bonds. The third-order valence-electron chi connectivity index (χ3n) is 7.02. The van der Waals surface area contributed by atoms with Crippen LogP contribution in [0.5, 0.6) is 0 Å². The molecule has 2 aromatic rings. The lowest BCUT2D eigenvalue weighted by molar-refractivity contribution is 0.0376. The van der Waals surface area contributed by atoms with Crippen molar-refractivity contribution >= 4 is 11.5 Å². The first kappa shape index (κ1) is 21.6. The molecule has 1 aromatic carbocycles. The second kappa shape index (κ2) is 10.1. The van der Waals surface area contributed by atoms with Crippen molar-refractivity contribution in [2.24, 2.45) is 0 Å². The zero-order chi connectivity index (χ0) is 21.8. The van der Waals surface area contributed by atoms with Crippen LogP contribution in [0.3, 0.4) is 0 Å². The van der Waals surface area contributed by atoms with Gasteiger partial charge in [-0.05, 0) is 50.6 Å². The van der Waals surface area contributed by atoms with E-state index in [1.807, 2.05) is 0 Å². The molecule has 0 aliphatic carbocycles. The fraction of sp³-hybridized carbons (Fsp3) is 0.600. The van der Waals surface area contributed by atoms with Gasteiger partial charge >= 0.3 is 0 Å². The number of likely N-dealkylation sites (N-methyl/N-ethyl adjacent to an activating group) is 1. The van der Waals surface area contributed by atoms with Gasteiger partial charge in [0, 0.05) is 81.9 Å². The van der Waals surface area contributed by atoms with Crippen molar-refractivity contribution in [3.8, 4) is 11.4 Å². The second-order valence-corrected chi connectivity index (χ2v) is 9.28. The van der Waals surface area contributed by atoms with Crippen molar-refractivity contribution < 1.29 is 4.74 Å². The lowest BCUT2D eigenvalue weighted by Gasteiger charge is -2.34. The number of aryl methyl sites for hydroxylation is 1. The van der Waals surface area contributed by atoms with Gasteiger partial charge < -0.3 is 19.4 Å². The Bertz CT molecular complexity index is 875. The predicted octanol–water partition coefficient (Wildman–Crippen LogP) is 2.37. The van der Waals surface area contributed by atoms with E-state index in [4.69, 9.17) is 14.7 Å². The Morgan fingerprint density at radius 2 is 1.69 bits per heavy atom. The standard InChI is InChI=1S/C25H36N6O/c1-28-12-14-30(15-13-28)23-7-5-21(6-8-23)24-26-20-22-4-2-10-31(25(22)27-24)11-3-9-29-16-18-32-19-17-29/h5-8,20H,2-4,9-19H2,1H3. The number of hydrogen-bond donors (Lipinski definition) is 0. The SMILES string of the molecule is CN1CCN(c2ccc(-c3ncc4c(n3)N(CCCN3CCOCC3)CCC4)cc2)CC1. The maximum Gasteiger partial charge on any atom is 0.161 e. The molecule has 4 heterocycles. The molecule has 3 aliphatic heterocycles. The van der Waals surface area contributed by atoms with E-state index in [0.29, 0.717) is 0 Å². The Kier molecular flexibility index (Phi) is 6.86. The van der Waals surface area contributed by atoms with Crippen LogP contribution in [0.4, 0.5) is 11.5 Å². The molecule has 5 rings (SSSR count). The van der Waals surface area contributed by atoms with E-state index in [1.165, 1.54) is 24.1 Å². The molecular formula is C25H36N6O. The number of rotatable bonds is 6. The molecule has 172 valence electrons. The van der Waals surface area contributed by atoms with Crippen molar-refractivity contribution in [1.82, 2.24) is 19.8 Å². The fourth-order valence-corrected chi connectivity index (χ4v) is 4.97. The third-order valence-corrected chi connectivity index (χ3v) is 7.02. The van der Waals surface area contributed by atoms with E-state index in [9.17, 15) is 0 Å². The number of anilines is 2. The second-order valence-electron chi connectivity index (χ2n) is 9.28. The number of ether oxygens (including phenoxy) is 1. The minimum atomic E-state index is 0.841. The molecule has 0 saturated carbocycles. The van der Waals surface area contributed by atoms with Crippen molar-refractivity contribution in [2.45, 2.75) is 19.3 Å². The highest BCUT2D eigenvalue weighted by molar-refractivity contribution is 5.63. The van der Waals surface area contributed by atoms with E-state index in [1.54, 1.807) is 0 Å². The maximum atomic E-state index is 5.47. The minimum Gasteiger partial charge on any atom is -0.379 e. The van der Waals surface area contributed by atoms with Crippen molar-refractivity contribution in [1.29, 1.82) is 0 Å². The highest BCUT2D eigenvalue weighted by Crippen LogP contribution is 2.28. The molecule has 0 bridgehead atoms. The summed E-state index contributed by atoms with van der Waals surface area (Å²) in [7, 11) is 2.19. The maximum absolute atomic E-state index is 5.47. The van der Waals surface area contributed by atoms with Gasteiger partial charge in [0.15, 0.2) is 5.82 Å². The fourth-order valence-electron chi connectivity index (χ4n) is 4.97. The molecule has 0 unspecified atom stereocenters. The summed E-state index contributed by atoms with van der Waals surface area (Å²) in [4.78, 5) is 19.6. The Hall–Kier alpha value is -2.22. The topological polar surface area (TPSA) is 48.0 Å². The van der Waals surface area contributed by atoms with Crippen LogP contribution < -0.4 is 9.80 Å². The third kappa shape index (κ3) is 5.05. The average Bonchev–Trinajstić information content (AvgIpc) is 2.85. The highest BCUT2D eigenvalue weighted by Gasteiger charge is 2.21. The van der Waals surface area contributed by atoms with E-state index in [0.717, 1.165) is 95.7 Å². The molecule has 0 N–H and O–H groups in total.